The van der Waals surface area contributed by atoms with Crippen LogP contribution in [0.25, 0.3) is 0 Å². The van der Waals surface area contributed by atoms with Gasteiger partial charge in [-0.2, -0.15) is 0 Å². The minimum atomic E-state index is -0.232. The van der Waals surface area contributed by atoms with Crippen molar-refractivity contribution in [3.63, 3.8) is 0 Å². The Bertz CT molecular complexity index is 604. The Hall–Kier alpha value is -1.55. The van der Waals surface area contributed by atoms with Gasteiger partial charge in [0, 0.05) is 39.8 Å². The van der Waals surface area contributed by atoms with E-state index in [0.717, 1.165) is 36.7 Å². The minimum Gasteiger partial charge on any atom is -0.450 e. The average molecular weight is 490 g/mol. The van der Waals surface area contributed by atoms with Crippen molar-refractivity contribution in [1.29, 1.82) is 0 Å². The monoisotopic (exact) mass is 490 g/mol. The van der Waals surface area contributed by atoms with Gasteiger partial charge in [0.05, 0.1) is 19.8 Å². The van der Waals surface area contributed by atoms with E-state index in [1.54, 1.807) is 12.0 Å². The van der Waals surface area contributed by atoms with Crippen LogP contribution in [0, 0.1) is 0 Å². The molecule has 1 aromatic carbocycles. The summed E-state index contributed by atoms with van der Waals surface area (Å²) in [7, 11) is 1.70. The number of piperazine rings is 1. The van der Waals surface area contributed by atoms with Gasteiger partial charge in [0.1, 0.15) is 0 Å². The van der Waals surface area contributed by atoms with Crippen LogP contribution < -0.4 is 5.32 Å². The lowest BCUT2D eigenvalue weighted by Gasteiger charge is -2.35. The van der Waals surface area contributed by atoms with Gasteiger partial charge in [-0.15, -0.1) is 24.0 Å². The number of methoxy groups -OCH3 is 1. The Morgan fingerprint density at radius 2 is 1.81 bits per heavy atom. The fraction of sp³-hybridized carbons (Fsp3) is 0.579. The number of rotatable bonds is 6. The third-order valence-corrected chi connectivity index (χ3v) is 4.15. The minimum absolute atomic E-state index is 0. The quantitative estimate of drug-likeness (QED) is 0.378. The summed E-state index contributed by atoms with van der Waals surface area (Å²) in [6.07, 6.45) is -0.232. The lowest BCUT2D eigenvalue weighted by Crippen LogP contribution is -2.53. The van der Waals surface area contributed by atoms with Gasteiger partial charge in [-0.1, -0.05) is 24.3 Å². The van der Waals surface area contributed by atoms with E-state index in [0.29, 0.717) is 32.8 Å². The molecule has 7 nitrogen and oxygen atoms in total. The normalized spacial score (nSPS) is 14.6. The number of amides is 1. The van der Waals surface area contributed by atoms with Crippen molar-refractivity contribution in [1.82, 2.24) is 15.1 Å². The number of ether oxygens (including phenoxy) is 2. The first-order chi connectivity index (χ1) is 12.7. The number of carbonyl (C=O) groups excluding carboxylic acids is 1. The molecule has 0 saturated carbocycles. The molecule has 27 heavy (non-hydrogen) atoms. The number of aliphatic imine (C=N–C) groups is 1. The van der Waals surface area contributed by atoms with Crippen LogP contribution in [-0.2, 0) is 22.6 Å². The molecule has 8 heteroatoms. The molecule has 1 aromatic rings. The van der Waals surface area contributed by atoms with Gasteiger partial charge in [0.25, 0.3) is 0 Å². The number of halogens is 1. The van der Waals surface area contributed by atoms with E-state index in [1.807, 2.05) is 13.0 Å². The van der Waals surface area contributed by atoms with E-state index in [2.05, 4.69) is 35.3 Å². The van der Waals surface area contributed by atoms with E-state index in [9.17, 15) is 4.79 Å². The van der Waals surface area contributed by atoms with Crippen LogP contribution in [0.3, 0.4) is 0 Å². The maximum absolute atomic E-state index is 11.8. The number of nitrogens with zero attached hydrogens (tertiary/aromatic N) is 3. The smallest absolute Gasteiger partial charge is 0.409 e. The number of hydrogen-bond acceptors (Lipinski definition) is 4. The number of carbonyl (C=O) groups is 1. The molecule has 152 valence electrons. The first-order valence-electron chi connectivity index (χ1n) is 9.19. The van der Waals surface area contributed by atoms with Crippen LogP contribution in [0.15, 0.2) is 29.3 Å². The molecule has 1 N–H and O–H groups in total. The Morgan fingerprint density at radius 1 is 1.15 bits per heavy atom. The second kappa shape index (κ2) is 12.8. The highest BCUT2D eigenvalue weighted by Gasteiger charge is 2.23. The van der Waals surface area contributed by atoms with Gasteiger partial charge in [-0.3, -0.25) is 0 Å². The van der Waals surface area contributed by atoms with Crippen LogP contribution in [0.5, 0.6) is 0 Å². The molecular weight excluding hydrogens is 459 g/mol. The molecule has 0 spiro atoms. The van der Waals surface area contributed by atoms with Gasteiger partial charge >= 0.3 is 6.09 Å². The highest BCUT2D eigenvalue weighted by molar-refractivity contribution is 14.0. The van der Waals surface area contributed by atoms with E-state index < -0.39 is 0 Å². The zero-order valence-corrected chi connectivity index (χ0v) is 18.8. The lowest BCUT2D eigenvalue weighted by atomic mass is 10.1. The molecule has 0 unspecified atom stereocenters. The van der Waals surface area contributed by atoms with Crippen LogP contribution in [-0.4, -0.2) is 68.3 Å². The average Bonchev–Trinajstić information content (AvgIpc) is 2.66. The van der Waals surface area contributed by atoms with Crippen LogP contribution in [0.4, 0.5) is 4.79 Å². The van der Waals surface area contributed by atoms with E-state index >= 15 is 0 Å². The summed E-state index contributed by atoms with van der Waals surface area (Å²) in [4.78, 5) is 20.5. The van der Waals surface area contributed by atoms with Crippen molar-refractivity contribution in [2.75, 3.05) is 46.4 Å². The molecule has 1 fully saturated rings. The Kier molecular flexibility index (Phi) is 11.1. The summed E-state index contributed by atoms with van der Waals surface area (Å²) in [5.41, 5.74) is 2.30. The number of guanidine groups is 1. The fourth-order valence-corrected chi connectivity index (χ4v) is 2.89. The topological polar surface area (TPSA) is 66.4 Å². The maximum atomic E-state index is 11.8. The fourth-order valence-electron chi connectivity index (χ4n) is 2.89. The zero-order valence-electron chi connectivity index (χ0n) is 16.4. The first kappa shape index (κ1) is 23.5. The third kappa shape index (κ3) is 7.53. The van der Waals surface area contributed by atoms with Gasteiger partial charge < -0.3 is 24.6 Å². The Morgan fingerprint density at radius 3 is 2.44 bits per heavy atom. The molecule has 0 atom stereocenters. The van der Waals surface area contributed by atoms with Crippen molar-refractivity contribution in [3.8, 4) is 0 Å². The summed E-state index contributed by atoms with van der Waals surface area (Å²) >= 11 is 0. The Labute approximate surface area is 179 Å². The second-order valence-corrected chi connectivity index (χ2v) is 6.10. The molecule has 0 radical (unpaired) electrons. The van der Waals surface area contributed by atoms with Gasteiger partial charge in [-0.25, -0.2) is 9.79 Å². The van der Waals surface area contributed by atoms with Crippen molar-refractivity contribution in [2.24, 2.45) is 4.99 Å². The Balaban J connectivity index is 0.00000364. The zero-order chi connectivity index (χ0) is 18.8. The molecule has 1 saturated heterocycles. The van der Waals surface area contributed by atoms with E-state index in [4.69, 9.17) is 14.5 Å². The van der Waals surface area contributed by atoms with Crippen molar-refractivity contribution >= 4 is 36.0 Å². The van der Waals surface area contributed by atoms with E-state index in [1.165, 1.54) is 0 Å². The largest absolute Gasteiger partial charge is 0.450 e. The molecule has 1 aliphatic heterocycles. The van der Waals surface area contributed by atoms with Gasteiger partial charge in [-0.05, 0) is 25.0 Å². The molecule has 2 rings (SSSR count). The molecule has 1 heterocycles. The van der Waals surface area contributed by atoms with Crippen molar-refractivity contribution in [2.45, 2.75) is 27.0 Å². The van der Waals surface area contributed by atoms with Crippen LogP contribution in [0.2, 0.25) is 0 Å². The second-order valence-electron chi connectivity index (χ2n) is 6.10. The third-order valence-electron chi connectivity index (χ3n) is 4.15. The SMILES string of the molecule is CCNC(=NCc1cccc(COC)c1)N1CCN(C(=O)OCC)CC1.I. The van der Waals surface area contributed by atoms with Crippen LogP contribution >= 0.6 is 24.0 Å². The first-order valence-corrected chi connectivity index (χ1v) is 9.19. The molecule has 1 aliphatic rings. The van der Waals surface area contributed by atoms with Gasteiger partial charge in [0.2, 0.25) is 0 Å². The standard InChI is InChI=1S/C19H30N4O3.HI/c1-4-20-18(21-14-16-7-6-8-17(13-16)15-25-3)22-9-11-23(12-10-22)19(24)26-5-2;/h6-8,13H,4-5,9-12,14-15H2,1-3H3,(H,20,21);1H. The van der Waals surface area contributed by atoms with Crippen molar-refractivity contribution in [3.05, 3.63) is 35.4 Å². The summed E-state index contributed by atoms with van der Waals surface area (Å²) in [6.45, 7) is 9.09. The van der Waals surface area contributed by atoms with Gasteiger partial charge in [0.15, 0.2) is 5.96 Å². The molecule has 0 aromatic heterocycles. The maximum Gasteiger partial charge on any atom is 0.409 e. The predicted molar refractivity (Wildman–Crippen MR) is 118 cm³/mol. The highest BCUT2D eigenvalue weighted by Crippen LogP contribution is 2.09. The molecular formula is C19H31IN4O3. The number of nitrogens with one attached hydrogen (secondary N) is 1. The molecule has 0 aliphatic carbocycles. The molecule has 1 amide bonds. The van der Waals surface area contributed by atoms with Crippen molar-refractivity contribution < 1.29 is 14.3 Å². The number of hydrogen-bond donors (Lipinski definition) is 1. The summed E-state index contributed by atoms with van der Waals surface area (Å²) in [6, 6.07) is 8.28. The lowest BCUT2D eigenvalue weighted by molar-refractivity contribution is 0.0914. The highest BCUT2D eigenvalue weighted by atomic mass is 127. The van der Waals surface area contributed by atoms with E-state index in [-0.39, 0.29) is 30.1 Å². The summed E-state index contributed by atoms with van der Waals surface area (Å²) in [5, 5.41) is 3.35. The predicted octanol–water partition coefficient (Wildman–Crippen LogP) is 2.69. The summed E-state index contributed by atoms with van der Waals surface area (Å²) in [5.74, 6) is 0.883. The van der Waals surface area contributed by atoms with Crippen LogP contribution in [0.1, 0.15) is 25.0 Å². The number of benzene rings is 1. The summed E-state index contributed by atoms with van der Waals surface area (Å²) < 4.78 is 10.3. The molecule has 0 bridgehead atoms.